The highest BCUT2D eigenvalue weighted by atomic mass is 28.4. The summed E-state index contributed by atoms with van der Waals surface area (Å²) in [6, 6.07) is 8.59. The maximum atomic E-state index is 5.96. The van der Waals surface area contributed by atoms with Crippen LogP contribution < -0.4 is 5.19 Å². The average molecular weight is 178 g/mol. The first kappa shape index (κ1) is 8.02. The highest BCUT2D eigenvalue weighted by Crippen LogP contribution is 2.28. The van der Waals surface area contributed by atoms with Crippen molar-refractivity contribution in [1.82, 2.24) is 0 Å². The predicted molar refractivity (Wildman–Crippen MR) is 53.1 cm³/mol. The van der Waals surface area contributed by atoms with E-state index in [0.717, 1.165) is 0 Å². The third-order valence-corrected chi connectivity index (χ3v) is 5.21. The van der Waals surface area contributed by atoms with Crippen molar-refractivity contribution in [2.75, 3.05) is 0 Å². The van der Waals surface area contributed by atoms with Crippen LogP contribution in [0.3, 0.4) is 0 Å². The van der Waals surface area contributed by atoms with Gasteiger partial charge < -0.3 is 4.43 Å². The molecule has 0 spiro atoms. The van der Waals surface area contributed by atoms with Crippen LogP contribution in [0.4, 0.5) is 0 Å². The topological polar surface area (TPSA) is 9.23 Å². The van der Waals surface area contributed by atoms with Crippen LogP contribution in [0.1, 0.15) is 18.6 Å². The number of benzene rings is 1. The minimum absolute atomic E-state index is 0.308. The summed E-state index contributed by atoms with van der Waals surface area (Å²) in [4.78, 5) is 0. The van der Waals surface area contributed by atoms with Crippen molar-refractivity contribution in [3.8, 4) is 0 Å². The molecule has 1 aliphatic rings. The van der Waals surface area contributed by atoms with Crippen LogP contribution in [0.25, 0.3) is 0 Å². The zero-order valence-electron chi connectivity index (χ0n) is 7.79. The van der Waals surface area contributed by atoms with Gasteiger partial charge in [-0.3, -0.25) is 0 Å². The number of rotatable bonds is 0. The van der Waals surface area contributed by atoms with E-state index in [4.69, 9.17) is 4.43 Å². The summed E-state index contributed by atoms with van der Waals surface area (Å²) in [5.74, 6) is 0. The van der Waals surface area contributed by atoms with Crippen molar-refractivity contribution < 1.29 is 4.43 Å². The summed E-state index contributed by atoms with van der Waals surface area (Å²) < 4.78 is 5.96. The van der Waals surface area contributed by atoms with E-state index >= 15 is 0 Å². The average Bonchev–Trinajstić information content (AvgIpc) is 2.25. The second kappa shape index (κ2) is 2.44. The molecule has 0 N–H and O–H groups in total. The second-order valence-corrected chi connectivity index (χ2v) is 7.65. The van der Waals surface area contributed by atoms with Gasteiger partial charge in [0, 0.05) is 0 Å². The third kappa shape index (κ3) is 1.03. The molecule has 64 valence electrons. The van der Waals surface area contributed by atoms with Gasteiger partial charge in [-0.1, -0.05) is 24.3 Å². The van der Waals surface area contributed by atoms with Crippen LogP contribution in [0, 0.1) is 0 Å². The van der Waals surface area contributed by atoms with Crippen LogP contribution >= 0.6 is 0 Å². The Bertz CT molecular complexity index is 306. The zero-order chi connectivity index (χ0) is 8.77. The van der Waals surface area contributed by atoms with Crippen molar-refractivity contribution in [2.24, 2.45) is 0 Å². The van der Waals surface area contributed by atoms with Gasteiger partial charge in [0.1, 0.15) is 0 Å². The molecule has 1 unspecified atom stereocenters. The van der Waals surface area contributed by atoms with Crippen LogP contribution in [0.15, 0.2) is 24.3 Å². The quantitative estimate of drug-likeness (QED) is 0.553. The fraction of sp³-hybridized carbons (Fsp3) is 0.400. The lowest BCUT2D eigenvalue weighted by Crippen LogP contribution is -2.39. The maximum Gasteiger partial charge on any atom is 0.219 e. The summed E-state index contributed by atoms with van der Waals surface area (Å²) >= 11 is 0. The molecule has 0 amide bonds. The number of fused-ring (bicyclic) bond motifs is 1. The minimum Gasteiger partial charge on any atom is -0.406 e. The Morgan fingerprint density at radius 1 is 1.25 bits per heavy atom. The maximum absolute atomic E-state index is 5.96. The first-order valence-electron chi connectivity index (χ1n) is 4.38. The zero-order valence-corrected chi connectivity index (χ0v) is 8.79. The minimum atomic E-state index is -1.52. The van der Waals surface area contributed by atoms with Gasteiger partial charge in [0.05, 0.1) is 6.10 Å². The van der Waals surface area contributed by atoms with E-state index in [9.17, 15) is 0 Å². The van der Waals surface area contributed by atoms with E-state index in [0.29, 0.717) is 6.10 Å². The van der Waals surface area contributed by atoms with Crippen LogP contribution in [0.2, 0.25) is 13.1 Å². The molecule has 1 aliphatic heterocycles. The highest BCUT2D eigenvalue weighted by molar-refractivity contribution is 6.85. The molecule has 12 heavy (non-hydrogen) atoms. The molecule has 0 bridgehead atoms. The van der Waals surface area contributed by atoms with Gasteiger partial charge in [0.25, 0.3) is 0 Å². The number of hydrogen-bond donors (Lipinski definition) is 0. The second-order valence-electron chi connectivity index (χ2n) is 3.86. The molecule has 0 saturated heterocycles. The van der Waals surface area contributed by atoms with Crippen molar-refractivity contribution in [2.45, 2.75) is 26.1 Å². The Morgan fingerprint density at radius 3 is 2.58 bits per heavy atom. The molecule has 0 radical (unpaired) electrons. The molecule has 2 rings (SSSR count). The monoisotopic (exact) mass is 178 g/mol. The Balaban J connectivity index is 2.58. The molecule has 1 aromatic carbocycles. The van der Waals surface area contributed by atoms with E-state index in [-0.39, 0.29) is 0 Å². The van der Waals surface area contributed by atoms with E-state index in [2.05, 4.69) is 44.3 Å². The molecule has 1 nitrogen and oxygen atoms in total. The lowest BCUT2D eigenvalue weighted by molar-refractivity contribution is 0.238. The SMILES string of the molecule is CC1O[Si](C)(C)c2ccccc21. The number of hydrogen-bond acceptors (Lipinski definition) is 1. The molecule has 0 aromatic heterocycles. The fourth-order valence-corrected chi connectivity index (χ4v) is 4.59. The molecule has 0 saturated carbocycles. The fourth-order valence-electron chi connectivity index (χ4n) is 1.97. The molecule has 0 aliphatic carbocycles. The van der Waals surface area contributed by atoms with Crippen LogP contribution in [0.5, 0.6) is 0 Å². The van der Waals surface area contributed by atoms with Crippen molar-refractivity contribution >= 4 is 13.5 Å². The molecule has 1 aromatic rings. The Hall–Kier alpha value is -0.603. The van der Waals surface area contributed by atoms with Crippen LogP contribution in [-0.2, 0) is 4.43 Å². The summed E-state index contributed by atoms with van der Waals surface area (Å²) in [5.41, 5.74) is 1.40. The van der Waals surface area contributed by atoms with Gasteiger partial charge in [-0.25, -0.2) is 0 Å². The lowest BCUT2D eigenvalue weighted by Gasteiger charge is -2.15. The van der Waals surface area contributed by atoms with Crippen molar-refractivity contribution in [3.63, 3.8) is 0 Å². The Kier molecular flexibility index (Phi) is 1.63. The van der Waals surface area contributed by atoms with E-state index in [1.165, 1.54) is 10.8 Å². The van der Waals surface area contributed by atoms with Crippen molar-refractivity contribution in [1.29, 1.82) is 0 Å². The van der Waals surface area contributed by atoms with Gasteiger partial charge in [-0.15, -0.1) is 0 Å². The highest BCUT2D eigenvalue weighted by Gasteiger charge is 2.37. The Labute approximate surface area is 74.5 Å². The normalized spacial score (nSPS) is 25.4. The van der Waals surface area contributed by atoms with Gasteiger partial charge in [0.15, 0.2) is 0 Å². The smallest absolute Gasteiger partial charge is 0.219 e. The van der Waals surface area contributed by atoms with Gasteiger partial charge in [-0.05, 0) is 30.8 Å². The van der Waals surface area contributed by atoms with Crippen molar-refractivity contribution in [3.05, 3.63) is 29.8 Å². The summed E-state index contributed by atoms with van der Waals surface area (Å²) in [7, 11) is -1.52. The standard InChI is InChI=1S/C10H14OSi/c1-8-9-6-4-5-7-10(9)12(2,3)11-8/h4-8H,1-3H3. The molecule has 0 fully saturated rings. The summed E-state index contributed by atoms with van der Waals surface area (Å²) in [6.45, 7) is 6.66. The first-order chi connectivity index (χ1) is 5.61. The molecule has 1 atom stereocenters. The largest absolute Gasteiger partial charge is 0.406 e. The Morgan fingerprint density at radius 2 is 1.92 bits per heavy atom. The van der Waals surface area contributed by atoms with E-state index in [1.807, 2.05) is 0 Å². The lowest BCUT2D eigenvalue weighted by atomic mass is 10.1. The molecular weight excluding hydrogens is 164 g/mol. The summed E-state index contributed by atoms with van der Waals surface area (Å²) in [5, 5.41) is 1.47. The first-order valence-corrected chi connectivity index (χ1v) is 7.29. The van der Waals surface area contributed by atoms with E-state index in [1.54, 1.807) is 0 Å². The molecule has 2 heteroatoms. The van der Waals surface area contributed by atoms with Gasteiger partial charge >= 0.3 is 0 Å². The summed E-state index contributed by atoms with van der Waals surface area (Å²) in [6.07, 6.45) is 0.308. The van der Waals surface area contributed by atoms with E-state index < -0.39 is 8.32 Å². The molecular formula is C10H14OSi. The third-order valence-electron chi connectivity index (χ3n) is 2.52. The van der Waals surface area contributed by atoms with Crippen LogP contribution in [-0.4, -0.2) is 8.32 Å². The molecule has 1 heterocycles. The predicted octanol–water partition coefficient (Wildman–Crippen LogP) is 2.19. The van der Waals surface area contributed by atoms with Gasteiger partial charge in [-0.2, -0.15) is 0 Å². The van der Waals surface area contributed by atoms with Gasteiger partial charge in [0.2, 0.25) is 8.32 Å².